The molecule has 1 saturated heterocycles. The van der Waals surface area contributed by atoms with Crippen molar-refractivity contribution in [3.8, 4) is 0 Å². The van der Waals surface area contributed by atoms with Crippen LogP contribution in [0.3, 0.4) is 0 Å². The molecule has 33 heavy (non-hydrogen) atoms. The molecule has 5 unspecified atom stereocenters. The number of ketones is 1. The van der Waals surface area contributed by atoms with Crippen molar-refractivity contribution in [3.05, 3.63) is 12.2 Å². The Morgan fingerprint density at radius 3 is 2.18 bits per heavy atom. The highest BCUT2D eigenvalue weighted by molar-refractivity contribution is 5.97. The number of carboxylic acid groups (broad SMARTS) is 1. The van der Waals surface area contributed by atoms with Crippen molar-refractivity contribution >= 4 is 17.7 Å². The van der Waals surface area contributed by atoms with Crippen LogP contribution in [0.2, 0.25) is 0 Å². The first-order valence-electron chi connectivity index (χ1n) is 11.7. The molecular formula is C24H42N3O6-. The summed E-state index contributed by atoms with van der Waals surface area (Å²) in [6.07, 6.45) is 3.69. The molecule has 0 aromatic carbocycles. The predicted octanol–water partition coefficient (Wildman–Crippen LogP) is 0.261. The molecule has 1 aliphatic rings. The minimum Gasteiger partial charge on any atom is -0.548 e. The van der Waals surface area contributed by atoms with Gasteiger partial charge in [-0.05, 0) is 52.9 Å². The number of rotatable bonds is 12. The minimum absolute atomic E-state index is 0.165. The predicted molar refractivity (Wildman–Crippen MR) is 124 cm³/mol. The molecule has 1 heterocycles. The lowest BCUT2D eigenvalue weighted by Crippen LogP contribution is -2.70. The second-order valence-electron chi connectivity index (χ2n) is 9.94. The zero-order valence-corrected chi connectivity index (χ0v) is 21.2. The molecule has 1 fully saturated rings. The van der Waals surface area contributed by atoms with Crippen molar-refractivity contribution in [1.29, 1.82) is 0 Å². The van der Waals surface area contributed by atoms with Crippen LogP contribution in [0.1, 0.15) is 67.7 Å². The number of aliphatic hydroxyl groups excluding tert-OH is 1. The molecule has 4 N–H and O–H groups in total. The first kappa shape index (κ1) is 29.2. The van der Waals surface area contributed by atoms with Gasteiger partial charge in [0.15, 0.2) is 5.78 Å². The lowest BCUT2D eigenvalue weighted by atomic mass is 9.77. The highest BCUT2D eigenvalue weighted by atomic mass is 16.5. The lowest BCUT2D eigenvalue weighted by molar-refractivity contribution is -0.315. The topological polar surface area (TPSA) is 140 Å². The van der Waals surface area contributed by atoms with Gasteiger partial charge in [-0.2, -0.15) is 0 Å². The molecule has 1 rings (SSSR count). The number of hydrogen-bond donors (Lipinski definition) is 4. The summed E-state index contributed by atoms with van der Waals surface area (Å²) in [5, 5.41) is 30.9. The summed E-state index contributed by atoms with van der Waals surface area (Å²) in [5.74, 6) is -2.46. The summed E-state index contributed by atoms with van der Waals surface area (Å²) >= 11 is 0. The van der Waals surface area contributed by atoms with E-state index in [9.17, 15) is 24.6 Å². The zero-order chi connectivity index (χ0) is 25.6. The van der Waals surface area contributed by atoms with Crippen LogP contribution in [0.15, 0.2) is 12.2 Å². The maximum Gasteiger partial charge on any atom is 0.238 e. The highest BCUT2D eigenvalue weighted by Gasteiger charge is 2.45. The van der Waals surface area contributed by atoms with Crippen molar-refractivity contribution in [2.75, 3.05) is 7.11 Å². The van der Waals surface area contributed by atoms with Crippen LogP contribution in [0.4, 0.5) is 0 Å². The third-order valence-corrected chi connectivity index (χ3v) is 6.62. The SMILES string of the molecule is C/C=C/C(OC)C(C)[C@H](O)NC(C(=O)NC(C)C(=O)[C@@]1(C)CCCC(C)(C(=O)[O-])N1)C(C)C. The second-order valence-corrected chi connectivity index (χ2v) is 9.94. The van der Waals surface area contributed by atoms with Gasteiger partial charge in [-0.15, -0.1) is 0 Å². The lowest BCUT2D eigenvalue weighted by Gasteiger charge is -2.46. The Bertz CT molecular complexity index is 727. The van der Waals surface area contributed by atoms with E-state index in [-0.39, 0.29) is 23.7 Å². The Labute approximate surface area is 197 Å². The number of methoxy groups -OCH3 is 1. The molecule has 9 nitrogen and oxygen atoms in total. The van der Waals surface area contributed by atoms with Gasteiger partial charge in [0.25, 0.3) is 0 Å². The van der Waals surface area contributed by atoms with Crippen molar-refractivity contribution in [2.45, 2.75) is 103 Å². The fourth-order valence-corrected chi connectivity index (χ4v) is 4.46. The van der Waals surface area contributed by atoms with E-state index in [0.717, 1.165) is 0 Å². The van der Waals surface area contributed by atoms with Gasteiger partial charge in [0.2, 0.25) is 5.91 Å². The summed E-state index contributed by atoms with van der Waals surface area (Å²) in [4.78, 5) is 37.8. The minimum atomic E-state index is -1.31. The van der Waals surface area contributed by atoms with Crippen molar-refractivity contribution in [1.82, 2.24) is 16.0 Å². The second kappa shape index (κ2) is 12.1. The Hall–Kier alpha value is -1.81. The maximum atomic E-state index is 13.2. The van der Waals surface area contributed by atoms with Crippen LogP contribution < -0.4 is 21.1 Å². The number of aliphatic carboxylic acids is 1. The summed E-state index contributed by atoms with van der Waals surface area (Å²) in [6, 6.07) is -1.60. The van der Waals surface area contributed by atoms with Gasteiger partial charge in [0, 0.05) is 13.0 Å². The molecule has 1 amide bonds. The fraction of sp³-hybridized carbons (Fsp3) is 0.792. The fourth-order valence-electron chi connectivity index (χ4n) is 4.46. The van der Waals surface area contributed by atoms with E-state index in [1.807, 2.05) is 39.8 Å². The molecule has 1 aliphatic heterocycles. The molecule has 0 aromatic rings. The number of nitrogens with one attached hydrogen (secondary N) is 3. The first-order valence-corrected chi connectivity index (χ1v) is 11.7. The quantitative estimate of drug-likeness (QED) is 0.236. The number of ether oxygens (including phenoxy) is 1. The Morgan fingerprint density at radius 1 is 1.12 bits per heavy atom. The van der Waals surface area contributed by atoms with Crippen molar-refractivity contribution < 1.29 is 29.3 Å². The molecule has 9 heteroatoms. The normalized spacial score (nSPS) is 28.2. The molecule has 190 valence electrons. The van der Waals surface area contributed by atoms with Crippen LogP contribution in [0, 0.1) is 11.8 Å². The first-order chi connectivity index (χ1) is 15.2. The molecular weight excluding hydrogens is 426 g/mol. The molecule has 0 saturated carbocycles. The van der Waals surface area contributed by atoms with Gasteiger partial charge < -0.3 is 25.1 Å². The van der Waals surface area contributed by atoms with Crippen LogP contribution in [0.25, 0.3) is 0 Å². The van der Waals surface area contributed by atoms with Crippen molar-refractivity contribution in [2.24, 2.45) is 11.8 Å². The van der Waals surface area contributed by atoms with E-state index >= 15 is 0 Å². The van der Waals surface area contributed by atoms with E-state index in [1.54, 1.807) is 21.0 Å². The van der Waals surface area contributed by atoms with E-state index in [2.05, 4.69) is 16.0 Å². The molecule has 0 aliphatic carbocycles. The average Bonchev–Trinajstić information content (AvgIpc) is 2.73. The molecule has 0 radical (unpaired) electrons. The van der Waals surface area contributed by atoms with Crippen molar-refractivity contribution in [3.63, 3.8) is 0 Å². The molecule has 0 bridgehead atoms. The van der Waals surface area contributed by atoms with Gasteiger partial charge >= 0.3 is 0 Å². The van der Waals surface area contributed by atoms with Gasteiger partial charge in [-0.1, -0.05) is 32.9 Å². The Morgan fingerprint density at radius 2 is 1.70 bits per heavy atom. The van der Waals surface area contributed by atoms with E-state index in [0.29, 0.717) is 19.3 Å². The maximum absolute atomic E-state index is 13.2. The van der Waals surface area contributed by atoms with Crippen LogP contribution in [-0.4, -0.2) is 65.4 Å². The number of hydrogen-bond acceptors (Lipinski definition) is 8. The standard InChI is InChI=1S/C24H43N3O6/c1-9-11-17(33-8)15(4)20(29)26-18(14(2)3)21(30)25-16(5)19(28)23(6)12-10-13-24(7,27-23)22(31)32/h9,11,14-18,20,26-27,29H,10,12-13H2,1-8H3,(H,25,30)(H,31,32)/p-1/b11-9+/t15?,16?,17?,18?,20-,23+,24?/m0/s1. The number of amides is 1. The number of aliphatic hydroxyl groups is 1. The largest absolute Gasteiger partial charge is 0.548 e. The number of carbonyl (C=O) groups excluding carboxylic acids is 3. The van der Waals surface area contributed by atoms with Crippen LogP contribution in [0.5, 0.6) is 0 Å². The van der Waals surface area contributed by atoms with Gasteiger partial charge in [0.05, 0.1) is 35.2 Å². The monoisotopic (exact) mass is 468 g/mol. The van der Waals surface area contributed by atoms with Gasteiger partial charge in [-0.25, -0.2) is 0 Å². The summed E-state index contributed by atoms with van der Waals surface area (Å²) in [6.45, 7) is 12.1. The smallest absolute Gasteiger partial charge is 0.238 e. The van der Waals surface area contributed by atoms with E-state index in [4.69, 9.17) is 4.74 Å². The zero-order valence-electron chi connectivity index (χ0n) is 21.2. The highest BCUT2D eigenvalue weighted by Crippen LogP contribution is 2.30. The van der Waals surface area contributed by atoms with E-state index < -0.39 is 41.3 Å². The summed E-state index contributed by atoms with van der Waals surface area (Å²) < 4.78 is 5.40. The number of Topliss-reactive ketones (excluding diaryl/α,β-unsaturated/α-hetero) is 1. The number of carboxylic acids is 1. The third kappa shape index (κ3) is 7.34. The third-order valence-electron chi connectivity index (χ3n) is 6.62. The molecule has 0 aromatic heterocycles. The molecule has 7 atom stereocenters. The van der Waals surface area contributed by atoms with Gasteiger partial charge in [-0.3, -0.25) is 20.2 Å². The molecule has 0 spiro atoms. The van der Waals surface area contributed by atoms with Crippen LogP contribution in [-0.2, 0) is 19.1 Å². The summed E-state index contributed by atoms with van der Waals surface area (Å²) in [7, 11) is 1.55. The van der Waals surface area contributed by atoms with Crippen LogP contribution >= 0.6 is 0 Å². The summed E-state index contributed by atoms with van der Waals surface area (Å²) in [5.41, 5.74) is -2.41. The number of carbonyl (C=O) groups is 3. The number of allylic oxidation sites excluding steroid dienone is 1. The van der Waals surface area contributed by atoms with Gasteiger partial charge in [0.1, 0.15) is 6.23 Å². The van der Waals surface area contributed by atoms with E-state index in [1.165, 1.54) is 6.92 Å². The Kier molecular flexibility index (Phi) is 10.7. The number of piperidine rings is 1. The Balaban J connectivity index is 2.90. The average molecular weight is 469 g/mol.